The van der Waals surface area contributed by atoms with Crippen molar-refractivity contribution in [1.29, 1.82) is 0 Å². The Balaban J connectivity index is 1.81. The van der Waals surface area contributed by atoms with Crippen molar-refractivity contribution in [2.24, 2.45) is 0 Å². The Hall–Kier alpha value is -2.62. The number of hydrogen-bond donors (Lipinski definition) is 2. The molecule has 0 aromatic carbocycles. The van der Waals surface area contributed by atoms with Gasteiger partial charge in [0.25, 0.3) is 5.91 Å². The van der Waals surface area contributed by atoms with Gasteiger partial charge in [-0.15, -0.1) is 0 Å². The van der Waals surface area contributed by atoms with Crippen molar-refractivity contribution in [1.82, 2.24) is 9.97 Å². The van der Waals surface area contributed by atoms with Crippen LogP contribution in [0.25, 0.3) is 10.9 Å². The number of nitrogens with one attached hydrogen (secondary N) is 2. The van der Waals surface area contributed by atoms with E-state index in [1.807, 2.05) is 49.6 Å². The first-order chi connectivity index (χ1) is 9.72. The van der Waals surface area contributed by atoms with Crippen molar-refractivity contribution in [3.63, 3.8) is 0 Å². The monoisotopic (exact) mass is 265 g/mol. The molecule has 0 saturated heterocycles. The Morgan fingerprint density at radius 1 is 1.40 bits per heavy atom. The first-order valence-electron chi connectivity index (χ1n) is 6.51. The first-order valence-corrected chi connectivity index (χ1v) is 6.51. The summed E-state index contributed by atoms with van der Waals surface area (Å²) in [6.07, 6.45) is 12.1. The quantitative estimate of drug-likeness (QED) is 0.875. The largest absolute Gasteiger partial charge is 0.361 e. The zero-order valence-electron chi connectivity index (χ0n) is 11.2. The molecule has 1 amide bonds. The number of allylic oxidation sites excluding steroid dienone is 4. The maximum Gasteiger partial charge on any atom is 0.256 e. The maximum absolute atomic E-state index is 12.2. The first kappa shape index (κ1) is 12.4. The molecule has 0 atom stereocenters. The highest BCUT2D eigenvalue weighted by Gasteiger charge is 2.09. The minimum absolute atomic E-state index is 0.148. The van der Waals surface area contributed by atoms with Crippen LogP contribution in [0, 0.1) is 0 Å². The highest BCUT2D eigenvalue weighted by Crippen LogP contribution is 2.16. The van der Waals surface area contributed by atoms with Crippen molar-refractivity contribution >= 4 is 22.6 Å². The van der Waals surface area contributed by atoms with Crippen molar-refractivity contribution in [2.75, 3.05) is 5.32 Å². The van der Waals surface area contributed by atoms with Crippen LogP contribution in [0.5, 0.6) is 0 Å². The fourth-order valence-electron chi connectivity index (χ4n) is 2.08. The second-order valence-corrected chi connectivity index (χ2v) is 4.83. The number of nitrogens with zero attached hydrogens (tertiary/aromatic N) is 1. The minimum Gasteiger partial charge on any atom is -0.361 e. The molecule has 0 saturated carbocycles. The zero-order valence-corrected chi connectivity index (χ0v) is 11.2. The second-order valence-electron chi connectivity index (χ2n) is 4.83. The molecule has 2 N–H and O–H groups in total. The summed E-state index contributed by atoms with van der Waals surface area (Å²) < 4.78 is 0. The van der Waals surface area contributed by atoms with Crippen molar-refractivity contribution < 1.29 is 4.79 Å². The van der Waals surface area contributed by atoms with Crippen LogP contribution in [0.1, 0.15) is 13.3 Å². The summed E-state index contributed by atoms with van der Waals surface area (Å²) in [7, 11) is 0. The number of pyridine rings is 1. The summed E-state index contributed by atoms with van der Waals surface area (Å²) in [4.78, 5) is 19.5. The lowest BCUT2D eigenvalue weighted by Crippen LogP contribution is -2.14. The molecule has 1 aliphatic rings. The van der Waals surface area contributed by atoms with E-state index in [1.165, 1.54) is 5.57 Å². The van der Waals surface area contributed by atoms with Crippen molar-refractivity contribution in [2.45, 2.75) is 13.3 Å². The molecule has 100 valence electrons. The molecule has 0 aliphatic heterocycles. The van der Waals surface area contributed by atoms with Crippen LogP contribution >= 0.6 is 0 Å². The lowest BCUT2D eigenvalue weighted by atomic mass is 10.2. The van der Waals surface area contributed by atoms with Gasteiger partial charge in [-0.2, -0.15) is 0 Å². The molecule has 20 heavy (non-hydrogen) atoms. The number of rotatable bonds is 2. The lowest BCUT2D eigenvalue weighted by molar-refractivity contribution is -0.112. The molecule has 1 aliphatic carbocycles. The van der Waals surface area contributed by atoms with E-state index >= 15 is 0 Å². The van der Waals surface area contributed by atoms with Gasteiger partial charge in [0.2, 0.25) is 0 Å². The van der Waals surface area contributed by atoms with Crippen LogP contribution in [-0.4, -0.2) is 15.9 Å². The standard InChI is InChI=1S/C16H15N3O/c1-11-3-2-4-12(6-5-11)16(20)19-15-9-14-13(10-18-15)7-8-17-14/h2,4-10,17H,3H2,1H3,(H,18,19,20). The molecule has 2 heterocycles. The minimum atomic E-state index is -0.148. The topological polar surface area (TPSA) is 57.8 Å². The van der Waals surface area contributed by atoms with Gasteiger partial charge in [0.1, 0.15) is 5.82 Å². The fraction of sp³-hybridized carbons (Fsp3) is 0.125. The summed E-state index contributed by atoms with van der Waals surface area (Å²) >= 11 is 0. The summed E-state index contributed by atoms with van der Waals surface area (Å²) in [6, 6.07) is 3.77. The fourth-order valence-corrected chi connectivity index (χ4v) is 2.08. The number of fused-ring (bicyclic) bond motifs is 1. The van der Waals surface area contributed by atoms with Gasteiger partial charge in [0.15, 0.2) is 0 Å². The number of aromatic nitrogens is 2. The molecule has 2 aromatic heterocycles. The number of amides is 1. The molecular formula is C16H15N3O. The van der Waals surface area contributed by atoms with E-state index in [2.05, 4.69) is 15.3 Å². The third-order valence-corrected chi connectivity index (χ3v) is 3.22. The van der Waals surface area contributed by atoms with E-state index in [4.69, 9.17) is 0 Å². The summed E-state index contributed by atoms with van der Waals surface area (Å²) in [6.45, 7) is 2.04. The normalized spacial score (nSPS) is 14.7. The number of H-pyrrole nitrogens is 1. The highest BCUT2D eigenvalue weighted by atomic mass is 16.1. The van der Waals surface area contributed by atoms with E-state index in [0.29, 0.717) is 11.4 Å². The highest BCUT2D eigenvalue weighted by molar-refractivity contribution is 6.06. The maximum atomic E-state index is 12.2. The average molecular weight is 265 g/mol. The Morgan fingerprint density at radius 2 is 2.30 bits per heavy atom. The van der Waals surface area contributed by atoms with Gasteiger partial charge in [-0.25, -0.2) is 4.98 Å². The van der Waals surface area contributed by atoms with Gasteiger partial charge in [0, 0.05) is 29.4 Å². The van der Waals surface area contributed by atoms with Crippen molar-refractivity contribution in [3.05, 3.63) is 60.0 Å². The molecule has 3 rings (SSSR count). The van der Waals surface area contributed by atoms with Gasteiger partial charge in [-0.3, -0.25) is 4.79 Å². The van der Waals surface area contributed by atoms with Crippen LogP contribution in [0.2, 0.25) is 0 Å². The lowest BCUT2D eigenvalue weighted by Gasteiger charge is -2.04. The number of anilines is 1. The number of carbonyl (C=O) groups excluding carboxylic acids is 1. The number of aromatic amines is 1. The van der Waals surface area contributed by atoms with Gasteiger partial charge in [-0.1, -0.05) is 23.8 Å². The van der Waals surface area contributed by atoms with E-state index < -0.39 is 0 Å². The van der Waals surface area contributed by atoms with Gasteiger partial charge in [-0.05, 0) is 25.5 Å². The van der Waals surface area contributed by atoms with E-state index in [0.717, 1.165) is 17.3 Å². The molecular weight excluding hydrogens is 250 g/mol. The molecule has 0 unspecified atom stereocenters. The Bertz CT molecular complexity index is 750. The number of hydrogen-bond acceptors (Lipinski definition) is 2. The third-order valence-electron chi connectivity index (χ3n) is 3.22. The Labute approximate surface area is 116 Å². The molecule has 4 nitrogen and oxygen atoms in total. The zero-order chi connectivity index (χ0) is 13.9. The summed E-state index contributed by atoms with van der Waals surface area (Å²) in [5.41, 5.74) is 2.82. The van der Waals surface area contributed by atoms with Crippen molar-refractivity contribution in [3.8, 4) is 0 Å². The van der Waals surface area contributed by atoms with Crippen LogP contribution in [0.15, 0.2) is 60.0 Å². The molecule has 4 heteroatoms. The van der Waals surface area contributed by atoms with Gasteiger partial charge >= 0.3 is 0 Å². The van der Waals surface area contributed by atoms with Crippen LogP contribution < -0.4 is 5.32 Å². The third kappa shape index (κ3) is 2.54. The van der Waals surface area contributed by atoms with Crippen LogP contribution in [0.3, 0.4) is 0 Å². The smallest absolute Gasteiger partial charge is 0.256 e. The molecule has 0 radical (unpaired) electrons. The van der Waals surface area contributed by atoms with Crippen LogP contribution in [-0.2, 0) is 4.79 Å². The number of carbonyl (C=O) groups is 1. The molecule has 0 fully saturated rings. The van der Waals surface area contributed by atoms with Gasteiger partial charge < -0.3 is 10.3 Å². The summed E-state index contributed by atoms with van der Waals surface area (Å²) in [5, 5.41) is 3.84. The predicted molar refractivity (Wildman–Crippen MR) is 80.3 cm³/mol. The molecule has 2 aromatic rings. The molecule has 0 bridgehead atoms. The van der Waals surface area contributed by atoms with Crippen LogP contribution in [0.4, 0.5) is 5.82 Å². The average Bonchev–Trinajstić information content (AvgIpc) is 2.79. The van der Waals surface area contributed by atoms with E-state index in [1.54, 1.807) is 6.20 Å². The summed E-state index contributed by atoms with van der Waals surface area (Å²) in [5.74, 6) is 0.398. The SMILES string of the molecule is CC1=CC=C(C(=O)Nc2cc3[nH]ccc3cn2)C=CC1. The second kappa shape index (κ2) is 5.17. The Kier molecular flexibility index (Phi) is 3.21. The van der Waals surface area contributed by atoms with Gasteiger partial charge in [0.05, 0.1) is 5.52 Å². The predicted octanol–water partition coefficient (Wildman–Crippen LogP) is 3.33. The van der Waals surface area contributed by atoms with E-state index in [9.17, 15) is 4.79 Å². The molecule has 0 spiro atoms. The Morgan fingerprint density at radius 3 is 3.20 bits per heavy atom. The van der Waals surface area contributed by atoms with E-state index in [-0.39, 0.29) is 5.91 Å².